The number of nitrogens with one attached hydrogen (secondary N) is 1. The molecule has 0 aromatic heterocycles. The van der Waals surface area contributed by atoms with E-state index in [1.807, 2.05) is 0 Å². The van der Waals surface area contributed by atoms with Crippen molar-refractivity contribution in [3.05, 3.63) is 0 Å². The fraction of sp³-hybridized carbons (Fsp3) is 0.714. The number of carbonyl (C=O) groups excluding carboxylic acids is 2. The summed E-state index contributed by atoms with van der Waals surface area (Å²) >= 11 is 0. The Labute approximate surface area is 64.9 Å². The van der Waals surface area contributed by atoms with Gasteiger partial charge in [0.15, 0.2) is 0 Å². The second-order valence-corrected chi connectivity index (χ2v) is 2.50. The van der Waals surface area contributed by atoms with Crippen LogP contribution in [0.25, 0.3) is 0 Å². The van der Waals surface area contributed by atoms with E-state index in [1.54, 1.807) is 0 Å². The highest BCUT2D eigenvalue weighted by atomic mass is 16.5. The maximum Gasteiger partial charge on any atom is 0.317 e. The van der Waals surface area contributed by atoms with Crippen molar-refractivity contribution in [3.63, 3.8) is 0 Å². The summed E-state index contributed by atoms with van der Waals surface area (Å²) in [4.78, 5) is 21.9. The van der Waals surface area contributed by atoms with Crippen LogP contribution in [-0.4, -0.2) is 32.0 Å². The van der Waals surface area contributed by atoms with E-state index in [1.165, 1.54) is 7.11 Å². The highest BCUT2D eigenvalue weighted by Gasteiger charge is 2.29. The van der Waals surface area contributed by atoms with Gasteiger partial charge in [-0.25, -0.2) is 0 Å². The molecule has 4 heteroatoms. The Morgan fingerprint density at radius 3 is 3.00 bits per heavy atom. The molecular weight excluding hydrogens is 146 g/mol. The predicted molar refractivity (Wildman–Crippen MR) is 38.0 cm³/mol. The Morgan fingerprint density at radius 2 is 2.45 bits per heavy atom. The number of ether oxygens (including phenoxy) is 1. The van der Waals surface area contributed by atoms with Crippen molar-refractivity contribution in [2.75, 3.05) is 20.2 Å². The van der Waals surface area contributed by atoms with Crippen LogP contribution in [0.2, 0.25) is 0 Å². The summed E-state index contributed by atoms with van der Waals surface area (Å²) in [7, 11) is 1.30. The third kappa shape index (κ3) is 1.77. The first kappa shape index (κ1) is 8.20. The molecule has 0 aromatic rings. The first-order chi connectivity index (χ1) is 5.25. The maximum atomic E-state index is 11.1. The van der Waals surface area contributed by atoms with Gasteiger partial charge in [-0.05, 0) is 0 Å². The number of rotatable bonds is 1. The topological polar surface area (TPSA) is 55.4 Å². The van der Waals surface area contributed by atoms with Gasteiger partial charge in [-0.15, -0.1) is 0 Å². The van der Waals surface area contributed by atoms with E-state index in [2.05, 4.69) is 10.1 Å². The van der Waals surface area contributed by atoms with E-state index in [9.17, 15) is 9.59 Å². The van der Waals surface area contributed by atoms with E-state index in [4.69, 9.17) is 0 Å². The van der Waals surface area contributed by atoms with Gasteiger partial charge in [0.25, 0.3) is 0 Å². The molecule has 1 rings (SSSR count). The van der Waals surface area contributed by atoms with Gasteiger partial charge in [0.1, 0.15) is 11.7 Å². The van der Waals surface area contributed by atoms with Gasteiger partial charge in [-0.2, -0.15) is 0 Å². The molecular formula is C7H11NO3. The van der Waals surface area contributed by atoms with E-state index in [0.29, 0.717) is 19.5 Å². The van der Waals surface area contributed by atoms with Crippen molar-refractivity contribution < 1.29 is 14.3 Å². The minimum atomic E-state index is -0.575. The largest absolute Gasteiger partial charge is 0.468 e. The normalized spacial score (nSPS) is 24.8. The van der Waals surface area contributed by atoms with Crippen molar-refractivity contribution in [1.29, 1.82) is 0 Å². The fourth-order valence-electron chi connectivity index (χ4n) is 1.10. The zero-order valence-electron chi connectivity index (χ0n) is 6.42. The van der Waals surface area contributed by atoms with Crippen LogP contribution in [-0.2, 0) is 14.3 Å². The van der Waals surface area contributed by atoms with Crippen molar-refractivity contribution in [2.24, 2.45) is 5.92 Å². The average molecular weight is 157 g/mol. The van der Waals surface area contributed by atoms with Gasteiger partial charge >= 0.3 is 5.97 Å². The Hall–Kier alpha value is -0.900. The number of hydrogen-bond donors (Lipinski definition) is 1. The Bertz CT molecular complexity index is 171. The van der Waals surface area contributed by atoms with E-state index in [-0.39, 0.29) is 5.78 Å². The molecule has 1 atom stereocenters. The van der Waals surface area contributed by atoms with Gasteiger partial charge in [-0.3, -0.25) is 9.59 Å². The Balaban J connectivity index is 2.54. The monoisotopic (exact) mass is 157 g/mol. The Kier molecular flexibility index (Phi) is 2.59. The van der Waals surface area contributed by atoms with Crippen LogP contribution in [0.4, 0.5) is 0 Å². The average Bonchev–Trinajstić information content (AvgIpc) is 2.04. The van der Waals surface area contributed by atoms with Crippen molar-refractivity contribution >= 4 is 11.8 Å². The van der Waals surface area contributed by atoms with E-state index >= 15 is 0 Å². The van der Waals surface area contributed by atoms with Crippen molar-refractivity contribution in [3.8, 4) is 0 Å². The quantitative estimate of drug-likeness (QED) is 0.405. The summed E-state index contributed by atoms with van der Waals surface area (Å²) in [6, 6.07) is 0. The number of ketones is 1. The SMILES string of the molecule is COC(=O)[C@H]1CNCCC1=O. The molecule has 0 aliphatic carbocycles. The van der Waals surface area contributed by atoms with Crippen LogP contribution >= 0.6 is 0 Å². The molecule has 0 saturated carbocycles. The lowest BCUT2D eigenvalue weighted by molar-refractivity contribution is -0.149. The van der Waals surface area contributed by atoms with Gasteiger partial charge in [0, 0.05) is 19.5 Å². The maximum absolute atomic E-state index is 11.1. The summed E-state index contributed by atoms with van der Waals surface area (Å²) in [6.07, 6.45) is 0.430. The molecule has 1 heterocycles. The number of carbonyl (C=O) groups is 2. The number of Topliss-reactive ketones (excluding diaryl/α,β-unsaturated/α-hetero) is 1. The van der Waals surface area contributed by atoms with Crippen LogP contribution in [0.1, 0.15) is 6.42 Å². The van der Waals surface area contributed by atoms with Gasteiger partial charge in [-0.1, -0.05) is 0 Å². The fourth-order valence-corrected chi connectivity index (χ4v) is 1.10. The third-order valence-corrected chi connectivity index (χ3v) is 1.77. The zero-order valence-corrected chi connectivity index (χ0v) is 6.42. The molecule has 0 bridgehead atoms. The summed E-state index contributed by atoms with van der Waals surface area (Å²) in [5, 5.41) is 2.96. The molecule has 4 nitrogen and oxygen atoms in total. The summed E-state index contributed by atoms with van der Waals surface area (Å²) in [5.74, 6) is -1.02. The smallest absolute Gasteiger partial charge is 0.317 e. The highest BCUT2D eigenvalue weighted by Crippen LogP contribution is 2.06. The second kappa shape index (κ2) is 3.48. The number of esters is 1. The van der Waals surface area contributed by atoms with Crippen LogP contribution < -0.4 is 5.32 Å². The molecule has 0 unspecified atom stereocenters. The molecule has 0 radical (unpaired) electrons. The molecule has 0 amide bonds. The van der Waals surface area contributed by atoms with Crippen LogP contribution in [0.5, 0.6) is 0 Å². The molecule has 1 saturated heterocycles. The zero-order chi connectivity index (χ0) is 8.27. The number of hydrogen-bond acceptors (Lipinski definition) is 4. The van der Waals surface area contributed by atoms with Gasteiger partial charge in [0.05, 0.1) is 7.11 Å². The molecule has 1 N–H and O–H groups in total. The summed E-state index contributed by atoms with van der Waals surface area (Å²) in [6.45, 7) is 1.10. The van der Waals surface area contributed by atoms with Crippen molar-refractivity contribution in [2.45, 2.75) is 6.42 Å². The molecule has 0 spiro atoms. The molecule has 0 aromatic carbocycles. The summed E-state index contributed by atoms with van der Waals surface area (Å²) in [5.41, 5.74) is 0. The lowest BCUT2D eigenvalue weighted by atomic mass is 9.98. The number of methoxy groups -OCH3 is 1. The lowest BCUT2D eigenvalue weighted by Gasteiger charge is -2.18. The molecule has 11 heavy (non-hydrogen) atoms. The van der Waals surface area contributed by atoms with Crippen LogP contribution in [0.3, 0.4) is 0 Å². The molecule has 1 aliphatic heterocycles. The van der Waals surface area contributed by atoms with Gasteiger partial charge in [0.2, 0.25) is 0 Å². The van der Waals surface area contributed by atoms with E-state index in [0.717, 1.165) is 0 Å². The Morgan fingerprint density at radius 1 is 1.73 bits per heavy atom. The molecule has 1 fully saturated rings. The van der Waals surface area contributed by atoms with Crippen LogP contribution in [0, 0.1) is 5.92 Å². The van der Waals surface area contributed by atoms with Crippen LogP contribution in [0.15, 0.2) is 0 Å². The first-order valence-corrected chi connectivity index (χ1v) is 3.57. The standard InChI is InChI=1S/C7H11NO3/c1-11-7(10)5-4-8-3-2-6(5)9/h5,8H,2-4H2,1H3/t5-/m0/s1. The third-order valence-electron chi connectivity index (χ3n) is 1.77. The second-order valence-electron chi connectivity index (χ2n) is 2.50. The summed E-state index contributed by atoms with van der Waals surface area (Å²) < 4.78 is 4.46. The van der Waals surface area contributed by atoms with Gasteiger partial charge < -0.3 is 10.1 Å². The highest BCUT2D eigenvalue weighted by molar-refractivity contribution is 5.99. The lowest BCUT2D eigenvalue weighted by Crippen LogP contribution is -2.41. The van der Waals surface area contributed by atoms with E-state index < -0.39 is 11.9 Å². The first-order valence-electron chi connectivity index (χ1n) is 3.57. The molecule has 62 valence electrons. The predicted octanol–water partition coefficient (Wildman–Crippen LogP) is -0.662. The van der Waals surface area contributed by atoms with Crippen molar-refractivity contribution in [1.82, 2.24) is 5.32 Å². The number of piperidine rings is 1. The minimum absolute atomic E-state index is 0.0180. The minimum Gasteiger partial charge on any atom is -0.468 e. The molecule has 1 aliphatic rings.